The molecule has 5 rings (SSSR count). The van der Waals surface area contributed by atoms with Crippen LogP contribution in [0.5, 0.6) is 11.5 Å². The molecule has 0 N–H and O–H groups in total. The van der Waals surface area contributed by atoms with Crippen molar-refractivity contribution in [2.75, 3.05) is 0 Å². The largest absolute Gasteiger partial charge is 0.465 e. The second kappa shape index (κ2) is 6.53. The standard InChI is InChI=1S/C23H14O6/c1-13-17(29-23(25)20-11-14-5-2-3-7-18(14)27-20)9-8-16-21(24)19(28-22(13)16)12-15-6-4-10-26-15/h2-12H,1H3/b19-12-. The topological polar surface area (TPSA) is 78.9 Å². The Kier molecular flexibility index (Phi) is 3.84. The fourth-order valence-electron chi connectivity index (χ4n) is 3.21. The van der Waals surface area contributed by atoms with E-state index in [0.717, 1.165) is 5.39 Å². The third-order valence-corrected chi connectivity index (χ3v) is 4.68. The molecule has 1 aliphatic heterocycles. The number of carbonyl (C=O) groups is 2. The molecule has 0 unspecified atom stereocenters. The summed E-state index contributed by atoms with van der Waals surface area (Å²) in [6, 6.07) is 15.5. The van der Waals surface area contributed by atoms with E-state index < -0.39 is 5.97 Å². The lowest BCUT2D eigenvalue weighted by Crippen LogP contribution is -2.08. The molecule has 2 aromatic heterocycles. The summed E-state index contributed by atoms with van der Waals surface area (Å²) < 4.78 is 22.0. The number of benzene rings is 2. The third kappa shape index (κ3) is 2.91. The summed E-state index contributed by atoms with van der Waals surface area (Å²) in [7, 11) is 0. The maximum absolute atomic E-state index is 12.6. The van der Waals surface area contributed by atoms with Gasteiger partial charge in [0.25, 0.3) is 0 Å². The summed E-state index contributed by atoms with van der Waals surface area (Å²) in [4.78, 5) is 25.1. The van der Waals surface area contributed by atoms with Gasteiger partial charge in [-0.3, -0.25) is 4.79 Å². The van der Waals surface area contributed by atoms with E-state index in [4.69, 9.17) is 18.3 Å². The smallest absolute Gasteiger partial charge is 0.379 e. The molecule has 0 amide bonds. The molecule has 0 atom stereocenters. The van der Waals surface area contributed by atoms with Crippen LogP contribution in [-0.2, 0) is 0 Å². The van der Waals surface area contributed by atoms with E-state index in [1.807, 2.05) is 18.2 Å². The molecule has 3 heterocycles. The van der Waals surface area contributed by atoms with Gasteiger partial charge >= 0.3 is 5.97 Å². The molecule has 0 fully saturated rings. The first-order valence-electron chi connectivity index (χ1n) is 8.92. The number of ether oxygens (including phenoxy) is 2. The van der Waals surface area contributed by atoms with Crippen LogP contribution in [0.15, 0.2) is 75.5 Å². The monoisotopic (exact) mass is 386 g/mol. The molecule has 0 aliphatic carbocycles. The Labute approximate surface area is 164 Å². The van der Waals surface area contributed by atoms with Gasteiger partial charge in [0.2, 0.25) is 11.5 Å². The van der Waals surface area contributed by atoms with Crippen molar-refractivity contribution in [3.05, 3.63) is 89.3 Å². The van der Waals surface area contributed by atoms with E-state index in [1.54, 1.807) is 43.3 Å². The number of ketones is 1. The van der Waals surface area contributed by atoms with Crippen molar-refractivity contribution in [3.63, 3.8) is 0 Å². The van der Waals surface area contributed by atoms with Crippen molar-refractivity contribution < 1.29 is 27.9 Å². The number of allylic oxidation sites excluding steroid dienone is 1. The predicted octanol–water partition coefficient (Wildman–Crippen LogP) is 5.17. The zero-order valence-corrected chi connectivity index (χ0v) is 15.3. The van der Waals surface area contributed by atoms with E-state index in [-0.39, 0.29) is 17.3 Å². The van der Waals surface area contributed by atoms with Gasteiger partial charge in [-0.15, -0.1) is 0 Å². The number of esters is 1. The quantitative estimate of drug-likeness (QED) is 0.275. The Morgan fingerprint density at radius 2 is 1.93 bits per heavy atom. The number of rotatable bonds is 3. The van der Waals surface area contributed by atoms with Crippen molar-refractivity contribution in [2.45, 2.75) is 6.92 Å². The summed E-state index contributed by atoms with van der Waals surface area (Å²) in [5.41, 5.74) is 1.55. The normalized spacial score (nSPS) is 14.2. The average Bonchev–Trinajstić information content (AvgIpc) is 3.44. The van der Waals surface area contributed by atoms with Crippen LogP contribution in [0, 0.1) is 6.92 Å². The zero-order valence-electron chi connectivity index (χ0n) is 15.3. The number of hydrogen-bond donors (Lipinski definition) is 0. The highest BCUT2D eigenvalue weighted by atomic mass is 16.5. The molecule has 0 saturated carbocycles. The van der Waals surface area contributed by atoms with Crippen LogP contribution in [0.25, 0.3) is 17.0 Å². The Morgan fingerprint density at radius 3 is 2.72 bits per heavy atom. The summed E-state index contributed by atoms with van der Waals surface area (Å²) in [5, 5.41) is 0.812. The molecule has 0 spiro atoms. The van der Waals surface area contributed by atoms with Crippen molar-refractivity contribution in [1.82, 2.24) is 0 Å². The lowest BCUT2D eigenvalue weighted by atomic mass is 10.1. The molecule has 29 heavy (non-hydrogen) atoms. The minimum absolute atomic E-state index is 0.0986. The summed E-state index contributed by atoms with van der Waals surface area (Å²) in [5.74, 6) is 0.536. The number of carbonyl (C=O) groups excluding carboxylic acids is 2. The van der Waals surface area contributed by atoms with Gasteiger partial charge in [-0.1, -0.05) is 18.2 Å². The van der Waals surface area contributed by atoms with Crippen LogP contribution in [0.3, 0.4) is 0 Å². The number of furan rings is 2. The molecule has 0 saturated heterocycles. The van der Waals surface area contributed by atoms with Crippen LogP contribution in [0.2, 0.25) is 0 Å². The fourth-order valence-corrected chi connectivity index (χ4v) is 3.21. The zero-order chi connectivity index (χ0) is 20.0. The van der Waals surface area contributed by atoms with Gasteiger partial charge in [-0.25, -0.2) is 4.79 Å². The Hall–Kier alpha value is -4.06. The molecule has 6 heteroatoms. The van der Waals surface area contributed by atoms with Crippen molar-refractivity contribution in [1.29, 1.82) is 0 Å². The first kappa shape index (κ1) is 17.1. The molecule has 1 aliphatic rings. The van der Waals surface area contributed by atoms with E-state index in [2.05, 4.69) is 0 Å². The molecule has 0 radical (unpaired) electrons. The molecular weight excluding hydrogens is 372 g/mol. The number of Topliss-reactive ketones (excluding diaryl/α,β-unsaturated/α-hetero) is 1. The van der Waals surface area contributed by atoms with Crippen LogP contribution >= 0.6 is 0 Å². The van der Waals surface area contributed by atoms with E-state index in [0.29, 0.717) is 34.0 Å². The predicted molar refractivity (Wildman–Crippen MR) is 104 cm³/mol. The van der Waals surface area contributed by atoms with Gasteiger partial charge in [0.1, 0.15) is 22.8 Å². The number of para-hydroxylation sites is 1. The van der Waals surface area contributed by atoms with Gasteiger partial charge in [0.05, 0.1) is 11.8 Å². The third-order valence-electron chi connectivity index (χ3n) is 4.68. The Morgan fingerprint density at radius 1 is 1.07 bits per heavy atom. The van der Waals surface area contributed by atoms with Crippen LogP contribution in [-0.4, -0.2) is 11.8 Å². The van der Waals surface area contributed by atoms with Crippen LogP contribution < -0.4 is 9.47 Å². The van der Waals surface area contributed by atoms with Crippen molar-refractivity contribution in [2.24, 2.45) is 0 Å². The second-order valence-electron chi connectivity index (χ2n) is 6.56. The molecule has 4 aromatic rings. The van der Waals surface area contributed by atoms with Gasteiger partial charge < -0.3 is 18.3 Å². The van der Waals surface area contributed by atoms with Gasteiger partial charge in [-0.05, 0) is 43.3 Å². The molecule has 142 valence electrons. The first-order valence-corrected chi connectivity index (χ1v) is 8.92. The first-order chi connectivity index (χ1) is 14.1. The maximum atomic E-state index is 12.6. The molecular formula is C23H14O6. The van der Waals surface area contributed by atoms with E-state index in [1.165, 1.54) is 12.3 Å². The minimum Gasteiger partial charge on any atom is -0.465 e. The SMILES string of the molecule is Cc1c(OC(=O)c2cc3ccccc3o2)ccc2c1O/C(=C\c1ccco1)C2=O. The van der Waals surface area contributed by atoms with Gasteiger partial charge in [0, 0.05) is 17.0 Å². The maximum Gasteiger partial charge on any atom is 0.379 e. The molecule has 6 nitrogen and oxygen atoms in total. The fraction of sp³-hybridized carbons (Fsp3) is 0.0435. The van der Waals surface area contributed by atoms with E-state index >= 15 is 0 Å². The lowest BCUT2D eigenvalue weighted by molar-refractivity contribution is 0.0702. The van der Waals surface area contributed by atoms with Crippen molar-refractivity contribution >= 4 is 28.8 Å². The lowest BCUT2D eigenvalue weighted by Gasteiger charge is -2.09. The second-order valence-corrected chi connectivity index (χ2v) is 6.56. The Balaban J connectivity index is 1.43. The summed E-state index contributed by atoms with van der Waals surface area (Å²) in [6.45, 7) is 1.73. The highest BCUT2D eigenvalue weighted by molar-refractivity contribution is 6.14. The van der Waals surface area contributed by atoms with E-state index in [9.17, 15) is 9.59 Å². The van der Waals surface area contributed by atoms with Crippen LogP contribution in [0.4, 0.5) is 0 Å². The summed E-state index contributed by atoms with van der Waals surface area (Å²) in [6.07, 6.45) is 3.04. The Bertz CT molecular complexity index is 1260. The van der Waals surface area contributed by atoms with Gasteiger partial charge in [0.15, 0.2) is 5.76 Å². The number of hydrogen-bond acceptors (Lipinski definition) is 6. The molecule has 0 bridgehead atoms. The highest BCUT2D eigenvalue weighted by Gasteiger charge is 2.31. The number of fused-ring (bicyclic) bond motifs is 2. The van der Waals surface area contributed by atoms with Gasteiger partial charge in [-0.2, -0.15) is 0 Å². The summed E-state index contributed by atoms with van der Waals surface area (Å²) >= 11 is 0. The average molecular weight is 386 g/mol. The molecule has 2 aromatic carbocycles. The van der Waals surface area contributed by atoms with Crippen molar-refractivity contribution in [3.8, 4) is 11.5 Å². The highest BCUT2D eigenvalue weighted by Crippen LogP contribution is 2.39. The van der Waals surface area contributed by atoms with Crippen LogP contribution in [0.1, 0.15) is 32.2 Å². The minimum atomic E-state index is -0.625.